The monoisotopic (exact) mass is 358 g/mol. The zero-order valence-corrected chi connectivity index (χ0v) is 16.4. The molecule has 144 valence electrons. The minimum absolute atomic E-state index is 0.232. The SMILES string of the molecule is Cc1cc(C)n(CCCC(=O)N[C@H]2CN(C3CCCC3)C[C@@H]2C2CC2)n1. The molecule has 2 heterocycles. The molecule has 4 rings (SSSR count). The van der Waals surface area contributed by atoms with Crippen LogP contribution in [-0.4, -0.2) is 45.8 Å². The van der Waals surface area contributed by atoms with Gasteiger partial charge in [-0.2, -0.15) is 5.10 Å². The summed E-state index contributed by atoms with van der Waals surface area (Å²) in [7, 11) is 0. The Morgan fingerprint density at radius 3 is 2.62 bits per heavy atom. The number of amides is 1. The number of rotatable bonds is 7. The van der Waals surface area contributed by atoms with Gasteiger partial charge >= 0.3 is 0 Å². The van der Waals surface area contributed by atoms with Crippen molar-refractivity contribution in [2.24, 2.45) is 11.8 Å². The molecule has 0 bridgehead atoms. The molecule has 5 nitrogen and oxygen atoms in total. The molecule has 0 aromatic carbocycles. The van der Waals surface area contributed by atoms with Crippen LogP contribution < -0.4 is 5.32 Å². The van der Waals surface area contributed by atoms with Gasteiger partial charge in [0.25, 0.3) is 0 Å². The van der Waals surface area contributed by atoms with Crippen molar-refractivity contribution in [2.45, 2.75) is 83.8 Å². The molecule has 3 fully saturated rings. The highest BCUT2D eigenvalue weighted by Crippen LogP contribution is 2.42. The average Bonchev–Trinajstić information content (AvgIpc) is 3.01. The van der Waals surface area contributed by atoms with Gasteiger partial charge in [-0.15, -0.1) is 0 Å². The van der Waals surface area contributed by atoms with Gasteiger partial charge in [-0.3, -0.25) is 14.4 Å². The summed E-state index contributed by atoms with van der Waals surface area (Å²) >= 11 is 0. The fraction of sp³-hybridized carbons (Fsp3) is 0.810. The van der Waals surface area contributed by atoms with Crippen LogP contribution in [0.1, 0.15) is 62.8 Å². The molecule has 2 atom stereocenters. The molecular formula is C21H34N4O. The van der Waals surface area contributed by atoms with Gasteiger partial charge in [-0.1, -0.05) is 12.8 Å². The third-order valence-corrected chi connectivity index (χ3v) is 6.69. The summed E-state index contributed by atoms with van der Waals surface area (Å²) < 4.78 is 2.02. The fourth-order valence-electron chi connectivity index (χ4n) is 5.15. The van der Waals surface area contributed by atoms with E-state index in [-0.39, 0.29) is 5.91 Å². The van der Waals surface area contributed by atoms with E-state index in [0.717, 1.165) is 37.2 Å². The second-order valence-electron chi connectivity index (χ2n) is 8.82. The van der Waals surface area contributed by atoms with Crippen molar-refractivity contribution in [1.82, 2.24) is 20.0 Å². The maximum atomic E-state index is 12.5. The van der Waals surface area contributed by atoms with Gasteiger partial charge in [0.2, 0.25) is 5.91 Å². The van der Waals surface area contributed by atoms with Crippen LogP contribution in [0.2, 0.25) is 0 Å². The van der Waals surface area contributed by atoms with Gasteiger partial charge in [-0.25, -0.2) is 0 Å². The number of carbonyl (C=O) groups excluding carboxylic acids is 1. The van der Waals surface area contributed by atoms with Crippen LogP contribution in [0.3, 0.4) is 0 Å². The Morgan fingerprint density at radius 1 is 1.19 bits per heavy atom. The normalized spacial score (nSPS) is 27.3. The highest BCUT2D eigenvalue weighted by molar-refractivity contribution is 5.76. The van der Waals surface area contributed by atoms with Crippen LogP contribution in [0.15, 0.2) is 6.07 Å². The molecule has 1 aromatic rings. The third kappa shape index (κ3) is 4.13. The number of carbonyl (C=O) groups is 1. The van der Waals surface area contributed by atoms with Crippen molar-refractivity contribution in [1.29, 1.82) is 0 Å². The molecule has 0 unspecified atom stereocenters. The van der Waals surface area contributed by atoms with Crippen molar-refractivity contribution in [3.05, 3.63) is 17.5 Å². The molecule has 2 saturated carbocycles. The molecule has 1 aliphatic heterocycles. The zero-order valence-electron chi connectivity index (χ0n) is 16.4. The summed E-state index contributed by atoms with van der Waals surface area (Å²) in [5.74, 6) is 1.78. The number of hydrogen-bond acceptors (Lipinski definition) is 3. The Hall–Kier alpha value is -1.36. The quantitative estimate of drug-likeness (QED) is 0.815. The highest BCUT2D eigenvalue weighted by Gasteiger charge is 2.44. The minimum atomic E-state index is 0.232. The third-order valence-electron chi connectivity index (χ3n) is 6.69. The lowest BCUT2D eigenvalue weighted by Crippen LogP contribution is -2.41. The van der Waals surface area contributed by atoms with Crippen molar-refractivity contribution in [3.8, 4) is 0 Å². The number of nitrogens with zero attached hydrogens (tertiary/aromatic N) is 3. The minimum Gasteiger partial charge on any atom is -0.352 e. The largest absolute Gasteiger partial charge is 0.352 e. The van der Waals surface area contributed by atoms with E-state index < -0.39 is 0 Å². The predicted octanol–water partition coefficient (Wildman–Crippen LogP) is 3.05. The molecular weight excluding hydrogens is 324 g/mol. The van der Waals surface area contributed by atoms with E-state index in [1.54, 1.807) is 0 Å². The lowest BCUT2D eigenvalue weighted by atomic mass is 9.98. The number of aromatic nitrogens is 2. The van der Waals surface area contributed by atoms with Gasteiger partial charge in [0.1, 0.15) is 0 Å². The first-order valence-corrected chi connectivity index (χ1v) is 10.6. The molecule has 1 saturated heterocycles. The number of aryl methyl sites for hydroxylation is 3. The second kappa shape index (κ2) is 7.71. The van der Waals surface area contributed by atoms with Crippen molar-refractivity contribution in [3.63, 3.8) is 0 Å². The van der Waals surface area contributed by atoms with E-state index in [1.165, 1.54) is 50.8 Å². The van der Waals surface area contributed by atoms with Crippen LogP contribution in [0, 0.1) is 25.7 Å². The topological polar surface area (TPSA) is 50.2 Å². The number of hydrogen-bond donors (Lipinski definition) is 1. The molecule has 2 aliphatic carbocycles. The summed E-state index contributed by atoms with van der Waals surface area (Å²) in [6.45, 7) is 7.22. The van der Waals surface area contributed by atoms with Crippen LogP contribution in [-0.2, 0) is 11.3 Å². The molecule has 0 radical (unpaired) electrons. The Morgan fingerprint density at radius 2 is 1.96 bits per heavy atom. The van der Waals surface area contributed by atoms with Gasteiger partial charge in [0.05, 0.1) is 5.69 Å². The van der Waals surface area contributed by atoms with E-state index >= 15 is 0 Å². The first-order chi connectivity index (χ1) is 12.6. The lowest BCUT2D eigenvalue weighted by Gasteiger charge is -2.23. The first kappa shape index (κ1) is 18.0. The van der Waals surface area contributed by atoms with E-state index in [2.05, 4.69) is 28.3 Å². The van der Waals surface area contributed by atoms with Gasteiger partial charge in [0.15, 0.2) is 0 Å². The summed E-state index contributed by atoms with van der Waals surface area (Å²) in [6.07, 6.45) is 9.70. The summed E-state index contributed by atoms with van der Waals surface area (Å²) in [5.41, 5.74) is 2.23. The standard InChI is InChI=1S/C21H34N4O/c1-15-12-16(2)25(23-15)11-5-8-21(26)22-20-14-24(18-6-3-4-7-18)13-19(20)17-9-10-17/h12,17-20H,3-11,13-14H2,1-2H3,(H,22,26)/t19-,20+/m1/s1. The van der Waals surface area contributed by atoms with E-state index in [9.17, 15) is 4.79 Å². The first-order valence-electron chi connectivity index (χ1n) is 10.6. The summed E-state index contributed by atoms with van der Waals surface area (Å²) in [6, 6.07) is 3.25. The fourth-order valence-corrected chi connectivity index (χ4v) is 5.15. The highest BCUT2D eigenvalue weighted by atomic mass is 16.1. The number of likely N-dealkylation sites (tertiary alicyclic amines) is 1. The van der Waals surface area contributed by atoms with Gasteiger partial charge in [-0.05, 0) is 63.9 Å². The molecule has 26 heavy (non-hydrogen) atoms. The van der Waals surface area contributed by atoms with Crippen LogP contribution >= 0.6 is 0 Å². The summed E-state index contributed by atoms with van der Waals surface area (Å²) in [4.78, 5) is 15.2. The summed E-state index contributed by atoms with van der Waals surface area (Å²) in [5, 5.41) is 7.89. The zero-order chi connectivity index (χ0) is 18.1. The van der Waals surface area contributed by atoms with Crippen LogP contribution in [0.5, 0.6) is 0 Å². The van der Waals surface area contributed by atoms with Gasteiger partial charge in [0, 0.05) is 43.8 Å². The predicted molar refractivity (Wildman–Crippen MR) is 103 cm³/mol. The van der Waals surface area contributed by atoms with E-state index in [4.69, 9.17) is 0 Å². The van der Waals surface area contributed by atoms with Crippen molar-refractivity contribution in [2.75, 3.05) is 13.1 Å². The lowest BCUT2D eigenvalue weighted by molar-refractivity contribution is -0.122. The molecule has 1 N–H and O–H groups in total. The van der Waals surface area contributed by atoms with Crippen LogP contribution in [0.4, 0.5) is 0 Å². The van der Waals surface area contributed by atoms with Gasteiger partial charge < -0.3 is 5.32 Å². The number of nitrogens with one attached hydrogen (secondary N) is 1. The Bertz CT molecular complexity index is 630. The van der Waals surface area contributed by atoms with Crippen molar-refractivity contribution < 1.29 is 4.79 Å². The average molecular weight is 359 g/mol. The maximum Gasteiger partial charge on any atom is 0.220 e. The smallest absolute Gasteiger partial charge is 0.220 e. The molecule has 5 heteroatoms. The second-order valence-corrected chi connectivity index (χ2v) is 8.82. The van der Waals surface area contributed by atoms with E-state index in [0.29, 0.717) is 18.4 Å². The molecule has 3 aliphatic rings. The Labute approximate surface area is 157 Å². The van der Waals surface area contributed by atoms with E-state index in [1.807, 2.05) is 11.6 Å². The maximum absolute atomic E-state index is 12.5. The Balaban J connectivity index is 1.26. The van der Waals surface area contributed by atoms with Crippen LogP contribution in [0.25, 0.3) is 0 Å². The molecule has 1 amide bonds. The Kier molecular flexibility index (Phi) is 5.35. The van der Waals surface area contributed by atoms with Crippen molar-refractivity contribution >= 4 is 5.91 Å². The molecule has 1 aromatic heterocycles. The molecule has 0 spiro atoms.